The van der Waals surface area contributed by atoms with Gasteiger partial charge < -0.3 is 48.4 Å². The smallest absolute Gasteiger partial charge is 0.410 e. The zero-order chi connectivity index (χ0) is 64.6. The Morgan fingerprint density at radius 3 is 1.42 bits per heavy atom. The summed E-state index contributed by atoms with van der Waals surface area (Å²) in [4.78, 5) is 75.6. The molecule has 4 aromatic carbocycles. The molecule has 9 rings (SSSR count). The van der Waals surface area contributed by atoms with E-state index in [1.165, 1.54) is 39.0 Å². The van der Waals surface area contributed by atoms with Crippen molar-refractivity contribution in [1.29, 1.82) is 0 Å². The van der Waals surface area contributed by atoms with Crippen LogP contribution in [-0.2, 0) is 30.8 Å². The highest BCUT2D eigenvalue weighted by Gasteiger charge is 2.41. The van der Waals surface area contributed by atoms with Crippen molar-refractivity contribution >= 4 is 134 Å². The Labute approximate surface area is 548 Å². The Morgan fingerprint density at radius 2 is 0.965 bits per heavy atom. The van der Waals surface area contributed by atoms with Gasteiger partial charge in [-0.05, 0) is 178 Å². The predicted octanol–water partition coefficient (Wildman–Crippen LogP) is 15.0. The van der Waals surface area contributed by atoms with Gasteiger partial charge in [-0.3, -0.25) is 9.48 Å². The van der Waals surface area contributed by atoms with Crippen molar-refractivity contribution in [3.05, 3.63) is 129 Å². The highest BCUT2D eigenvalue weighted by Crippen LogP contribution is 2.36. The molecule has 86 heavy (non-hydrogen) atoms. The Morgan fingerprint density at radius 1 is 0.570 bits per heavy atom. The molecular weight excluding hydrogens is 1500 g/mol. The average Bonchev–Trinajstić information content (AvgIpc) is 1.58. The molecule has 1 aromatic heterocycles. The van der Waals surface area contributed by atoms with E-state index < -0.39 is 52.3 Å². The van der Waals surface area contributed by atoms with Crippen LogP contribution in [0, 0.1) is 38.8 Å². The normalized spacial score (nSPS) is 15.8. The molecule has 0 spiro atoms. The molecule has 4 fully saturated rings. The Kier molecular flexibility index (Phi) is 25.2. The largest absolute Gasteiger partial charge is 0.444 e. The van der Waals surface area contributed by atoms with Gasteiger partial charge in [0, 0.05) is 104 Å². The van der Waals surface area contributed by atoms with Gasteiger partial charge >= 0.3 is 24.4 Å². The lowest BCUT2D eigenvalue weighted by Crippen LogP contribution is -2.54. The van der Waals surface area contributed by atoms with Crippen LogP contribution in [0.2, 0.25) is 0 Å². The summed E-state index contributed by atoms with van der Waals surface area (Å²) in [5, 5.41) is 16.0. The van der Waals surface area contributed by atoms with E-state index in [4.69, 9.17) is 18.9 Å². The fraction of sp³-hybridized carbons (Fsp3) is 0.492. The molecular formula is C61H74Br4F3IN6O11. The topological polar surface area (TPSA) is 190 Å². The average molecular weight is 1570 g/mol. The summed E-state index contributed by atoms with van der Waals surface area (Å²) in [5.74, 6) is -1.71. The number of ketones is 1. The minimum absolute atomic E-state index is 0.00696. The van der Waals surface area contributed by atoms with Crippen molar-refractivity contribution in [2.75, 3.05) is 52.4 Å². The molecule has 5 heterocycles. The molecule has 5 aromatic rings. The van der Waals surface area contributed by atoms with Gasteiger partial charge in [0.1, 0.15) is 46.1 Å². The first-order valence-corrected chi connectivity index (χ1v) is 31.7. The van der Waals surface area contributed by atoms with Crippen LogP contribution in [0.25, 0.3) is 10.9 Å². The first kappa shape index (κ1) is 71.9. The molecule has 25 heteroatoms. The van der Waals surface area contributed by atoms with Crippen molar-refractivity contribution in [3.63, 3.8) is 0 Å². The van der Waals surface area contributed by atoms with E-state index >= 15 is 0 Å². The number of hydrogen-bond donors (Lipinski definition) is 1. The molecule has 1 atom stereocenters. The van der Waals surface area contributed by atoms with Gasteiger partial charge in [-0.15, -0.1) is 0 Å². The predicted molar refractivity (Wildman–Crippen MR) is 343 cm³/mol. The van der Waals surface area contributed by atoms with Crippen molar-refractivity contribution in [1.82, 2.24) is 29.4 Å². The third kappa shape index (κ3) is 21.7. The van der Waals surface area contributed by atoms with Gasteiger partial charge in [0.2, 0.25) is 0 Å². The molecule has 17 nitrogen and oxygen atoms in total. The molecule has 4 aliphatic rings. The SMILES string of the molecule is CC(C)(C)OC(=O)N1CC(C(=O)c2cc(Br)ccc2F)C1.CC(C)(C)OC(=O)N1CC(C(O)c2cc(Br)ccc2F)C1.CC(C)(C)OC(=O)N1CC(C=O)C1.Cn1nc(C2CN(C(=O)OC(C)(C)C)C2)c2cc(Br)ccc21.Fc1ccc(Br)cc1I. The quantitative estimate of drug-likeness (QED) is 0.0557. The number of halogens is 8. The van der Waals surface area contributed by atoms with E-state index in [1.807, 2.05) is 81.9 Å². The lowest BCUT2D eigenvalue weighted by atomic mass is 9.89. The summed E-state index contributed by atoms with van der Waals surface area (Å²) in [6.45, 7) is 25.4. The van der Waals surface area contributed by atoms with Crippen LogP contribution in [-0.4, -0.2) is 146 Å². The second-order valence-electron chi connectivity index (χ2n) is 24.9. The number of aldehydes is 1. The zero-order valence-corrected chi connectivity index (χ0v) is 58.8. The van der Waals surface area contributed by atoms with Gasteiger partial charge in [0.15, 0.2) is 5.78 Å². The summed E-state index contributed by atoms with van der Waals surface area (Å²) >= 11 is 15.2. The first-order chi connectivity index (χ1) is 39.7. The van der Waals surface area contributed by atoms with Crippen LogP contribution in [0.1, 0.15) is 117 Å². The second kappa shape index (κ2) is 30.1. The maximum Gasteiger partial charge on any atom is 0.410 e. The van der Waals surface area contributed by atoms with Crippen LogP contribution < -0.4 is 0 Å². The number of aryl methyl sites for hydroxylation is 1. The standard InChI is InChI=1S/C16H20BrN3O2.C15H19BrFNO3.C15H17BrFNO3.C9H15NO3.C6H3BrFI/c1-16(2,3)22-15(21)20-8-10(9-20)14-12-7-11(17)5-6-13(12)19(4)18-14;2*1-15(2,3)21-14(20)18-7-9(8-18)13(19)11-6-10(16)4-5-12(11)17;1-9(2,3)13-8(12)10-4-7(5-10)6-11;7-4-1-2-5(8)6(9)3-4/h5-7,10H,8-9H2,1-4H3;4-6,9,13,19H,7-8H2,1-3H3;4-6,9H,7-8H2,1-3H3;6-7H,4-5H2,1-3H3;1-3H. The molecule has 0 saturated carbocycles. The monoisotopic (exact) mass is 1570 g/mol. The molecule has 4 saturated heterocycles. The van der Waals surface area contributed by atoms with Crippen LogP contribution in [0.5, 0.6) is 0 Å². The number of carbonyl (C=O) groups excluding carboxylic acids is 6. The number of carbonyl (C=O) groups is 6. The molecule has 0 aliphatic carbocycles. The Hall–Kier alpha value is -4.83. The van der Waals surface area contributed by atoms with E-state index in [1.54, 1.807) is 76.8 Å². The number of rotatable bonds is 6. The van der Waals surface area contributed by atoms with E-state index in [0.717, 1.165) is 31.8 Å². The molecule has 0 bridgehead atoms. The maximum absolute atomic E-state index is 13.7. The molecule has 1 N–H and O–H groups in total. The highest BCUT2D eigenvalue weighted by atomic mass is 127. The molecule has 0 radical (unpaired) electrons. The highest BCUT2D eigenvalue weighted by molar-refractivity contribution is 14.1. The summed E-state index contributed by atoms with van der Waals surface area (Å²) in [6.07, 6.45) is -1.47. The fourth-order valence-electron chi connectivity index (χ4n) is 8.45. The van der Waals surface area contributed by atoms with Gasteiger partial charge in [-0.2, -0.15) is 5.10 Å². The number of hydrogen-bond acceptors (Lipinski definition) is 12. The number of aliphatic hydroxyl groups is 1. The summed E-state index contributed by atoms with van der Waals surface area (Å²) in [6, 6.07) is 19.7. The van der Waals surface area contributed by atoms with Gasteiger partial charge in [-0.25, -0.2) is 32.3 Å². The number of Topliss-reactive ketones (excluding diaryl/α,β-unsaturated/α-hetero) is 1. The molecule has 4 amide bonds. The van der Waals surface area contributed by atoms with Crippen LogP contribution in [0.3, 0.4) is 0 Å². The molecule has 1 unspecified atom stereocenters. The van der Waals surface area contributed by atoms with E-state index in [0.29, 0.717) is 51.8 Å². The minimum Gasteiger partial charge on any atom is -0.444 e. The number of ether oxygens (including phenoxy) is 4. The van der Waals surface area contributed by atoms with Crippen molar-refractivity contribution < 1.29 is 66.0 Å². The number of fused-ring (bicyclic) bond motifs is 1. The summed E-state index contributed by atoms with van der Waals surface area (Å²) in [7, 11) is 1.95. The van der Waals surface area contributed by atoms with Gasteiger partial charge in [0.05, 0.1) is 34.7 Å². The van der Waals surface area contributed by atoms with Gasteiger partial charge in [0.25, 0.3) is 0 Å². The minimum atomic E-state index is -0.929. The van der Waals surface area contributed by atoms with Crippen molar-refractivity contribution in [2.24, 2.45) is 24.8 Å². The Balaban J connectivity index is 0.000000202. The van der Waals surface area contributed by atoms with Crippen molar-refractivity contribution in [2.45, 2.75) is 118 Å². The van der Waals surface area contributed by atoms with Crippen LogP contribution in [0.4, 0.5) is 32.3 Å². The van der Waals surface area contributed by atoms with Crippen LogP contribution >= 0.6 is 86.3 Å². The number of nitrogens with zero attached hydrogens (tertiary/aromatic N) is 6. The number of amides is 4. The second-order valence-corrected chi connectivity index (χ2v) is 29.7. The van der Waals surface area contributed by atoms with Gasteiger partial charge in [-0.1, -0.05) is 63.7 Å². The summed E-state index contributed by atoms with van der Waals surface area (Å²) < 4.78 is 66.7. The number of benzene rings is 4. The third-order valence-electron chi connectivity index (χ3n) is 12.8. The molecule has 470 valence electrons. The molecule has 4 aliphatic heterocycles. The third-order valence-corrected chi connectivity index (χ3v) is 15.6. The lowest BCUT2D eigenvalue weighted by molar-refractivity contribution is -0.115. The van der Waals surface area contributed by atoms with E-state index in [-0.39, 0.29) is 71.7 Å². The number of aliphatic hydroxyl groups excluding tert-OH is 1. The first-order valence-electron chi connectivity index (χ1n) is 27.4. The number of aromatic nitrogens is 2. The van der Waals surface area contributed by atoms with Crippen LogP contribution in [0.15, 0.2) is 90.7 Å². The summed E-state index contributed by atoms with van der Waals surface area (Å²) in [5.41, 5.74) is 0.442. The van der Waals surface area contributed by atoms with E-state index in [2.05, 4.69) is 81.0 Å². The van der Waals surface area contributed by atoms with E-state index in [9.17, 15) is 47.0 Å². The Bertz CT molecular complexity index is 3230. The lowest BCUT2D eigenvalue weighted by Gasteiger charge is -2.42. The zero-order valence-electron chi connectivity index (χ0n) is 50.3. The van der Waals surface area contributed by atoms with Crippen molar-refractivity contribution in [3.8, 4) is 0 Å². The number of likely N-dealkylation sites (tertiary alicyclic amines) is 4. The fourth-order valence-corrected chi connectivity index (χ4v) is 10.9. The maximum atomic E-state index is 13.7.